The van der Waals surface area contributed by atoms with Gasteiger partial charge in [-0.2, -0.15) is 5.10 Å². The maximum Gasteiger partial charge on any atom is 0.410 e. The third-order valence-electron chi connectivity index (χ3n) is 6.32. The van der Waals surface area contributed by atoms with E-state index >= 15 is 0 Å². The van der Waals surface area contributed by atoms with Gasteiger partial charge in [-0.25, -0.2) is 9.18 Å². The molecule has 2 aromatic rings. The van der Waals surface area contributed by atoms with Gasteiger partial charge in [0.2, 0.25) is 0 Å². The molecule has 1 aliphatic heterocycles. The Bertz CT molecular complexity index is 943. The van der Waals surface area contributed by atoms with Crippen molar-refractivity contribution >= 4 is 6.09 Å². The molecule has 2 saturated carbocycles. The zero-order valence-corrected chi connectivity index (χ0v) is 17.3. The third kappa shape index (κ3) is 3.43. The van der Waals surface area contributed by atoms with Gasteiger partial charge in [0.25, 0.3) is 0 Å². The number of halogens is 1. The average Bonchev–Trinajstić information content (AvgIpc) is 3.31. The molecule has 1 amide bonds. The van der Waals surface area contributed by atoms with Gasteiger partial charge in [-0.1, -0.05) is 12.1 Å². The van der Waals surface area contributed by atoms with Gasteiger partial charge in [0, 0.05) is 35.8 Å². The third-order valence-corrected chi connectivity index (χ3v) is 6.32. The van der Waals surface area contributed by atoms with Crippen LogP contribution in [-0.2, 0) is 4.74 Å². The molecule has 2 heterocycles. The molecular weight excluding hydrogens is 369 g/mol. The van der Waals surface area contributed by atoms with Crippen molar-refractivity contribution in [1.82, 2.24) is 14.7 Å². The van der Waals surface area contributed by atoms with Crippen molar-refractivity contribution in [1.29, 1.82) is 0 Å². The smallest absolute Gasteiger partial charge is 0.410 e. The zero-order chi connectivity index (χ0) is 20.4. The highest BCUT2D eigenvalue weighted by atomic mass is 19.1. The fourth-order valence-corrected chi connectivity index (χ4v) is 4.75. The molecule has 0 N–H and O–H groups in total. The summed E-state index contributed by atoms with van der Waals surface area (Å²) in [5.41, 5.74) is 2.32. The topological polar surface area (TPSA) is 47.4 Å². The fourth-order valence-electron chi connectivity index (χ4n) is 4.75. The maximum absolute atomic E-state index is 14.4. The van der Waals surface area contributed by atoms with Crippen LogP contribution in [0.5, 0.6) is 0 Å². The Morgan fingerprint density at radius 3 is 2.52 bits per heavy atom. The molecule has 1 aromatic carbocycles. The van der Waals surface area contributed by atoms with E-state index in [0.29, 0.717) is 17.5 Å². The van der Waals surface area contributed by atoms with E-state index in [1.54, 1.807) is 11.0 Å². The molecule has 3 aliphatic rings. The molecular formula is C23H28FN3O2. The van der Waals surface area contributed by atoms with Crippen LogP contribution in [0.4, 0.5) is 9.18 Å². The summed E-state index contributed by atoms with van der Waals surface area (Å²) in [6.07, 6.45) is 6.26. The lowest BCUT2D eigenvalue weighted by Crippen LogP contribution is -2.64. The van der Waals surface area contributed by atoms with Crippen molar-refractivity contribution < 1.29 is 13.9 Å². The largest absolute Gasteiger partial charge is 0.444 e. The number of likely N-dealkylation sites (tertiary alicyclic amines) is 1. The second-order valence-electron chi connectivity index (χ2n) is 10.1. The number of hydrogen-bond acceptors (Lipinski definition) is 3. The second kappa shape index (κ2) is 6.31. The van der Waals surface area contributed by atoms with Gasteiger partial charge in [0.15, 0.2) is 0 Å². The maximum atomic E-state index is 14.4. The van der Waals surface area contributed by atoms with Crippen molar-refractivity contribution in [2.45, 2.75) is 64.0 Å². The summed E-state index contributed by atoms with van der Waals surface area (Å²) in [5.74, 6) is 0.301. The zero-order valence-electron chi connectivity index (χ0n) is 17.3. The molecule has 1 saturated heterocycles. The molecule has 5 rings (SSSR count). The van der Waals surface area contributed by atoms with Crippen LogP contribution in [0.3, 0.4) is 0 Å². The molecule has 3 fully saturated rings. The van der Waals surface area contributed by atoms with Crippen LogP contribution in [0, 0.1) is 11.2 Å². The van der Waals surface area contributed by atoms with Gasteiger partial charge in [-0.05, 0) is 64.5 Å². The van der Waals surface area contributed by atoms with Crippen molar-refractivity contribution in [2.24, 2.45) is 5.41 Å². The monoisotopic (exact) mass is 397 g/mol. The quantitative estimate of drug-likeness (QED) is 0.721. The minimum Gasteiger partial charge on any atom is -0.444 e. The SMILES string of the molecule is CC(C)(C)OC(=O)N1CC2(CC(n3cc(C4CC4)c(-c4ccccc4F)n3)C2)C1. The second-order valence-corrected chi connectivity index (χ2v) is 10.1. The van der Waals surface area contributed by atoms with E-state index in [1.165, 1.54) is 11.6 Å². The number of rotatable bonds is 3. The van der Waals surface area contributed by atoms with Gasteiger partial charge in [-0.15, -0.1) is 0 Å². The summed E-state index contributed by atoms with van der Waals surface area (Å²) in [5, 5.41) is 4.82. The standard InChI is InChI=1S/C23H28FN3O2/c1-22(2,3)29-21(28)26-13-23(14-26)10-16(11-23)27-12-18(15-8-9-15)20(25-27)17-6-4-5-7-19(17)24/h4-7,12,15-16H,8-11,13-14H2,1-3H3. The fraction of sp³-hybridized carbons (Fsp3) is 0.565. The van der Waals surface area contributed by atoms with Crippen LogP contribution >= 0.6 is 0 Å². The number of nitrogens with zero attached hydrogens (tertiary/aromatic N) is 3. The lowest BCUT2D eigenvalue weighted by molar-refractivity contribution is -0.0927. The molecule has 1 aromatic heterocycles. The van der Waals surface area contributed by atoms with E-state index in [1.807, 2.05) is 32.9 Å². The van der Waals surface area contributed by atoms with Gasteiger partial charge < -0.3 is 9.64 Å². The molecule has 29 heavy (non-hydrogen) atoms. The van der Waals surface area contributed by atoms with Crippen LogP contribution < -0.4 is 0 Å². The highest BCUT2D eigenvalue weighted by Gasteiger charge is 2.55. The Morgan fingerprint density at radius 1 is 1.21 bits per heavy atom. The number of carbonyl (C=O) groups excluding carboxylic acids is 1. The summed E-state index contributed by atoms with van der Waals surface area (Å²) >= 11 is 0. The van der Waals surface area contributed by atoms with E-state index in [2.05, 4.69) is 10.9 Å². The first kappa shape index (κ1) is 18.6. The average molecular weight is 397 g/mol. The molecule has 5 nitrogen and oxygen atoms in total. The normalized spacial score (nSPS) is 21.0. The number of amides is 1. The van der Waals surface area contributed by atoms with Crippen LogP contribution in [0.25, 0.3) is 11.3 Å². The van der Waals surface area contributed by atoms with Crippen LogP contribution in [0.1, 0.15) is 64.0 Å². The van der Waals surface area contributed by atoms with E-state index in [0.717, 1.165) is 44.5 Å². The van der Waals surface area contributed by atoms with Crippen molar-refractivity contribution in [3.8, 4) is 11.3 Å². The van der Waals surface area contributed by atoms with Gasteiger partial charge >= 0.3 is 6.09 Å². The van der Waals surface area contributed by atoms with Gasteiger partial charge in [-0.3, -0.25) is 4.68 Å². The summed E-state index contributed by atoms with van der Waals surface area (Å²) < 4.78 is 21.9. The first-order valence-electron chi connectivity index (χ1n) is 10.5. The molecule has 0 radical (unpaired) electrons. The lowest BCUT2D eigenvalue weighted by atomic mass is 9.61. The van der Waals surface area contributed by atoms with E-state index < -0.39 is 5.60 Å². The Morgan fingerprint density at radius 2 is 1.90 bits per heavy atom. The van der Waals surface area contributed by atoms with Crippen molar-refractivity contribution in [3.05, 3.63) is 41.8 Å². The van der Waals surface area contributed by atoms with E-state index in [4.69, 9.17) is 9.84 Å². The van der Waals surface area contributed by atoms with Crippen molar-refractivity contribution in [3.63, 3.8) is 0 Å². The molecule has 6 heteroatoms. The van der Waals surface area contributed by atoms with Gasteiger partial charge in [0.05, 0.1) is 11.7 Å². The van der Waals surface area contributed by atoms with Crippen LogP contribution in [0.15, 0.2) is 30.5 Å². The predicted molar refractivity (Wildman–Crippen MR) is 108 cm³/mol. The van der Waals surface area contributed by atoms with Crippen LogP contribution in [-0.4, -0.2) is 39.5 Å². The molecule has 0 atom stereocenters. The molecule has 1 spiro atoms. The highest BCUT2D eigenvalue weighted by molar-refractivity contribution is 5.69. The van der Waals surface area contributed by atoms with E-state index in [-0.39, 0.29) is 17.3 Å². The highest BCUT2D eigenvalue weighted by Crippen LogP contribution is 2.55. The molecule has 0 unspecified atom stereocenters. The van der Waals surface area contributed by atoms with Gasteiger partial charge in [0.1, 0.15) is 11.4 Å². The Kier molecular flexibility index (Phi) is 4.06. The molecule has 154 valence electrons. The van der Waals surface area contributed by atoms with Crippen molar-refractivity contribution in [2.75, 3.05) is 13.1 Å². The summed E-state index contributed by atoms with van der Waals surface area (Å²) in [7, 11) is 0. The van der Waals surface area contributed by atoms with E-state index in [9.17, 15) is 9.18 Å². The first-order valence-corrected chi connectivity index (χ1v) is 10.5. The Labute approximate surface area is 170 Å². The minimum atomic E-state index is -0.459. The number of ether oxygens (including phenoxy) is 1. The number of aromatic nitrogens is 2. The summed E-state index contributed by atoms with van der Waals surface area (Å²) in [4.78, 5) is 14.0. The molecule has 0 bridgehead atoms. The first-order chi connectivity index (χ1) is 13.7. The van der Waals surface area contributed by atoms with Crippen LogP contribution in [0.2, 0.25) is 0 Å². The summed E-state index contributed by atoms with van der Waals surface area (Å²) in [6, 6.07) is 7.24. The Balaban J connectivity index is 1.27. The summed E-state index contributed by atoms with van der Waals surface area (Å²) in [6.45, 7) is 7.19. The number of benzene rings is 1. The predicted octanol–water partition coefficient (Wildman–Crippen LogP) is 5.14. The lowest BCUT2D eigenvalue weighted by Gasteiger charge is -2.58. The molecule has 2 aliphatic carbocycles. The Hall–Kier alpha value is -2.37. The number of carbonyl (C=O) groups is 1. The minimum absolute atomic E-state index is 0.200. The number of hydrogen-bond donors (Lipinski definition) is 0.